The number of carbonyl (C=O) groups excluding carboxylic acids is 3. The van der Waals surface area contributed by atoms with Crippen molar-refractivity contribution >= 4 is 17.6 Å². The third-order valence-electron chi connectivity index (χ3n) is 5.07. The number of fused-ring (bicyclic) bond motifs is 3. The highest BCUT2D eigenvalue weighted by Gasteiger charge is 2.27. The summed E-state index contributed by atoms with van der Waals surface area (Å²) in [5.41, 5.74) is 3.46. The maximum absolute atomic E-state index is 12.5. The third-order valence-corrected chi connectivity index (χ3v) is 5.07. The van der Waals surface area contributed by atoms with Crippen molar-refractivity contribution in [3.8, 4) is 11.1 Å². The van der Waals surface area contributed by atoms with E-state index in [-0.39, 0.29) is 17.6 Å². The molecule has 1 aliphatic carbocycles. The molecular formula is C21H20N2O3. The van der Waals surface area contributed by atoms with E-state index in [1.165, 1.54) is 0 Å². The van der Waals surface area contributed by atoms with Crippen molar-refractivity contribution in [2.75, 3.05) is 19.6 Å². The average molecular weight is 348 g/mol. The molecule has 1 aliphatic heterocycles. The van der Waals surface area contributed by atoms with E-state index in [0.717, 1.165) is 37.1 Å². The fourth-order valence-corrected chi connectivity index (χ4v) is 3.68. The molecule has 2 aromatic rings. The molecule has 1 heterocycles. The molecule has 5 nitrogen and oxygen atoms in total. The largest absolute Gasteiger partial charge is 0.352 e. The Morgan fingerprint density at radius 3 is 2.38 bits per heavy atom. The SMILES string of the molecule is O=C(NCCC(=O)N1CCCC1)c1ccc2c(c1)C(=O)c1ccccc1-2. The summed E-state index contributed by atoms with van der Waals surface area (Å²) in [6.45, 7) is 1.94. The minimum atomic E-state index is -0.259. The fourth-order valence-electron chi connectivity index (χ4n) is 3.68. The standard InChI is InChI=1S/C21H20N2O3/c24-19(23-11-3-4-12-23)9-10-22-21(26)14-7-8-16-15-5-1-2-6-17(15)20(25)18(16)13-14/h1-2,5-8,13H,3-4,9-12H2,(H,22,26). The molecule has 2 aromatic carbocycles. The molecule has 4 rings (SSSR count). The number of hydrogen-bond donors (Lipinski definition) is 1. The zero-order valence-electron chi connectivity index (χ0n) is 14.5. The van der Waals surface area contributed by atoms with Crippen molar-refractivity contribution in [2.45, 2.75) is 19.3 Å². The van der Waals surface area contributed by atoms with Gasteiger partial charge in [-0.15, -0.1) is 0 Å². The number of amides is 2. The van der Waals surface area contributed by atoms with Gasteiger partial charge in [0.25, 0.3) is 5.91 Å². The van der Waals surface area contributed by atoms with Gasteiger partial charge in [-0.2, -0.15) is 0 Å². The first-order valence-electron chi connectivity index (χ1n) is 8.99. The van der Waals surface area contributed by atoms with Gasteiger partial charge in [0.05, 0.1) is 0 Å². The van der Waals surface area contributed by atoms with Crippen molar-refractivity contribution in [3.05, 3.63) is 59.2 Å². The lowest BCUT2D eigenvalue weighted by molar-refractivity contribution is -0.129. The second kappa shape index (κ2) is 6.75. The monoisotopic (exact) mass is 348 g/mol. The summed E-state index contributed by atoms with van der Waals surface area (Å²) in [6.07, 6.45) is 2.42. The molecule has 1 fully saturated rings. The summed E-state index contributed by atoms with van der Waals surface area (Å²) in [5, 5.41) is 2.78. The Morgan fingerprint density at radius 2 is 1.62 bits per heavy atom. The Bertz CT molecular complexity index is 898. The van der Waals surface area contributed by atoms with Crippen molar-refractivity contribution < 1.29 is 14.4 Å². The highest BCUT2D eigenvalue weighted by molar-refractivity contribution is 6.22. The first-order chi connectivity index (χ1) is 12.6. The Balaban J connectivity index is 1.42. The lowest BCUT2D eigenvalue weighted by atomic mass is 10.0. The minimum absolute atomic E-state index is 0.0468. The van der Waals surface area contributed by atoms with E-state index in [1.807, 2.05) is 29.2 Å². The van der Waals surface area contributed by atoms with Crippen LogP contribution in [0.5, 0.6) is 0 Å². The number of ketones is 1. The third kappa shape index (κ3) is 2.90. The van der Waals surface area contributed by atoms with Crippen LogP contribution in [0.4, 0.5) is 0 Å². The molecular weight excluding hydrogens is 328 g/mol. The second-order valence-corrected chi connectivity index (χ2v) is 6.73. The van der Waals surface area contributed by atoms with Crippen molar-refractivity contribution in [3.63, 3.8) is 0 Å². The number of carbonyl (C=O) groups is 3. The first kappa shape index (κ1) is 16.5. The molecule has 5 heteroatoms. The van der Waals surface area contributed by atoms with Gasteiger partial charge in [0.1, 0.15) is 0 Å². The smallest absolute Gasteiger partial charge is 0.251 e. The number of hydrogen-bond acceptors (Lipinski definition) is 3. The summed E-state index contributed by atoms with van der Waals surface area (Å²) >= 11 is 0. The lowest BCUT2D eigenvalue weighted by Gasteiger charge is -2.15. The van der Waals surface area contributed by atoms with Gasteiger partial charge in [0.15, 0.2) is 5.78 Å². The maximum Gasteiger partial charge on any atom is 0.251 e. The number of benzene rings is 2. The van der Waals surface area contributed by atoms with E-state index in [4.69, 9.17) is 0 Å². The number of nitrogens with one attached hydrogen (secondary N) is 1. The molecule has 0 unspecified atom stereocenters. The van der Waals surface area contributed by atoms with E-state index in [2.05, 4.69) is 5.32 Å². The van der Waals surface area contributed by atoms with Gasteiger partial charge < -0.3 is 10.2 Å². The molecule has 1 saturated heterocycles. The van der Waals surface area contributed by atoms with E-state index in [0.29, 0.717) is 29.7 Å². The van der Waals surface area contributed by atoms with Gasteiger partial charge in [-0.3, -0.25) is 14.4 Å². The molecule has 0 spiro atoms. The van der Waals surface area contributed by atoms with Gasteiger partial charge in [0.2, 0.25) is 5.91 Å². The summed E-state index contributed by atoms with van der Waals surface area (Å²) in [7, 11) is 0. The average Bonchev–Trinajstić information content (AvgIpc) is 3.30. The summed E-state index contributed by atoms with van der Waals surface area (Å²) in [6, 6.07) is 12.7. The maximum atomic E-state index is 12.5. The van der Waals surface area contributed by atoms with E-state index in [9.17, 15) is 14.4 Å². The number of likely N-dealkylation sites (tertiary alicyclic amines) is 1. The van der Waals surface area contributed by atoms with Gasteiger partial charge in [-0.25, -0.2) is 0 Å². The summed E-state index contributed by atoms with van der Waals surface area (Å²) in [4.78, 5) is 38.8. The van der Waals surface area contributed by atoms with Gasteiger partial charge in [0, 0.05) is 42.7 Å². The van der Waals surface area contributed by atoms with Crippen LogP contribution >= 0.6 is 0 Å². The normalized spacial score (nSPS) is 14.9. The van der Waals surface area contributed by atoms with Crippen molar-refractivity contribution in [1.82, 2.24) is 10.2 Å². The van der Waals surface area contributed by atoms with Gasteiger partial charge in [-0.05, 0) is 36.1 Å². The molecule has 0 aromatic heterocycles. The molecule has 0 bridgehead atoms. The van der Waals surface area contributed by atoms with Crippen LogP contribution < -0.4 is 5.32 Å². The predicted molar refractivity (Wildman–Crippen MR) is 98.1 cm³/mol. The van der Waals surface area contributed by atoms with Crippen molar-refractivity contribution in [2.24, 2.45) is 0 Å². The fraction of sp³-hybridized carbons (Fsp3) is 0.286. The van der Waals surface area contributed by atoms with Crippen LogP contribution in [0.3, 0.4) is 0 Å². The molecule has 0 saturated carbocycles. The van der Waals surface area contributed by atoms with Crippen LogP contribution in [0.2, 0.25) is 0 Å². The molecule has 2 amide bonds. The minimum Gasteiger partial charge on any atom is -0.352 e. The zero-order valence-corrected chi connectivity index (χ0v) is 14.5. The molecule has 1 N–H and O–H groups in total. The van der Waals surface area contributed by atoms with Crippen LogP contribution in [0, 0.1) is 0 Å². The quantitative estimate of drug-likeness (QED) is 0.788. The summed E-state index contributed by atoms with van der Waals surface area (Å²) in [5.74, 6) is -0.220. The first-order valence-corrected chi connectivity index (χ1v) is 8.99. The van der Waals surface area contributed by atoms with Crippen LogP contribution in [-0.2, 0) is 4.79 Å². The number of nitrogens with zero attached hydrogens (tertiary/aromatic N) is 1. The molecule has 0 radical (unpaired) electrons. The number of rotatable bonds is 4. The Hall–Kier alpha value is -2.95. The van der Waals surface area contributed by atoms with Gasteiger partial charge in [-0.1, -0.05) is 30.3 Å². The Morgan fingerprint density at radius 1 is 0.923 bits per heavy atom. The summed E-state index contributed by atoms with van der Waals surface area (Å²) < 4.78 is 0. The van der Waals surface area contributed by atoms with Crippen LogP contribution in [0.25, 0.3) is 11.1 Å². The zero-order chi connectivity index (χ0) is 18.1. The van der Waals surface area contributed by atoms with Crippen LogP contribution in [-0.4, -0.2) is 42.1 Å². The van der Waals surface area contributed by atoms with E-state index < -0.39 is 0 Å². The van der Waals surface area contributed by atoms with Crippen molar-refractivity contribution in [1.29, 1.82) is 0 Å². The van der Waals surface area contributed by atoms with Crippen LogP contribution in [0.15, 0.2) is 42.5 Å². The predicted octanol–water partition coefficient (Wildman–Crippen LogP) is 2.64. The van der Waals surface area contributed by atoms with E-state index in [1.54, 1.807) is 18.2 Å². The molecule has 132 valence electrons. The molecule has 2 aliphatic rings. The van der Waals surface area contributed by atoms with Crippen LogP contribution in [0.1, 0.15) is 45.5 Å². The Kier molecular flexibility index (Phi) is 4.29. The lowest BCUT2D eigenvalue weighted by Crippen LogP contribution is -2.32. The topological polar surface area (TPSA) is 66.5 Å². The molecule has 26 heavy (non-hydrogen) atoms. The Labute approximate surface area is 152 Å². The highest BCUT2D eigenvalue weighted by atomic mass is 16.2. The second-order valence-electron chi connectivity index (χ2n) is 6.73. The molecule has 0 atom stereocenters. The van der Waals surface area contributed by atoms with Gasteiger partial charge >= 0.3 is 0 Å². The highest BCUT2D eigenvalue weighted by Crippen LogP contribution is 2.36. The van der Waals surface area contributed by atoms with E-state index >= 15 is 0 Å².